The summed E-state index contributed by atoms with van der Waals surface area (Å²) in [6.45, 7) is 2.36. The van der Waals surface area contributed by atoms with Crippen molar-refractivity contribution in [1.82, 2.24) is 4.98 Å². The van der Waals surface area contributed by atoms with Crippen molar-refractivity contribution < 1.29 is 4.42 Å². The van der Waals surface area contributed by atoms with Gasteiger partial charge < -0.3 is 4.42 Å². The molecule has 0 aliphatic heterocycles. The van der Waals surface area contributed by atoms with E-state index in [0.29, 0.717) is 4.83 Å². The van der Waals surface area contributed by atoms with E-state index in [4.69, 9.17) is 4.42 Å². The predicted molar refractivity (Wildman–Crippen MR) is 76.9 cm³/mol. The lowest BCUT2D eigenvalue weighted by atomic mass is 9.93. The van der Waals surface area contributed by atoms with Crippen LogP contribution < -0.4 is 0 Å². The van der Waals surface area contributed by atoms with Crippen LogP contribution in [0.3, 0.4) is 0 Å². The minimum Gasteiger partial charge on any atom is -0.441 e. The highest BCUT2D eigenvalue weighted by Crippen LogP contribution is 2.37. The van der Waals surface area contributed by atoms with Crippen molar-refractivity contribution in [2.45, 2.75) is 37.4 Å². The number of hydrogen-bond donors (Lipinski definition) is 0. The summed E-state index contributed by atoms with van der Waals surface area (Å²) >= 11 is 3.84. The van der Waals surface area contributed by atoms with Gasteiger partial charge in [-0.3, -0.25) is 0 Å². The van der Waals surface area contributed by atoms with E-state index in [2.05, 4.69) is 27.8 Å². The Labute approximate surface area is 116 Å². The molecule has 1 aromatic heterocycles. The molecular formula is C15H18BrNO. The fraction of sp³-hybridized carbons (Fsp3) is 0.533. The topological polar surface area (TPSA) is 26.0 Å². The molecule has 0 saturated heterocycles. The van der Waals surface area contributed by atoms with E-state index in [1.807, 2.05) is 24.3 Å². The van der Waals surface area contributed by atoms with Gasteiger partial charge in [-0.1, -0.05) is 47.8 Å². The summed E-state index contributed by atoms with van der Waals surface area (Å²) in [5, 5.41) is 0. The first-order valence-electron chi connectivity index (χ1n) is 6.72. The SMILES string of the molecule is CC1CCCC1C(Br)Cc1nc2ccccc2o1. The minimum absolute atomic E-state index is 0.489. The lowest BCUT2D eigenvalue weighted by molar-refractivity contribution is 0.390. The molecule has 1 fully saturated rings. The summed E-state index contributed by atoms with van der Waals surface area (Å²) in [4.78, 5) is 5.04. The zero-order valence-corrected chi connectivity index (χ0v) is 12.2. The second-order valence-corrected chi connectivity index (χ2v) is 6.54. The van der Waals surface area contributed by atoms with Crippen LogP contribution in [0.4, 0.5) is 0 Å². The molecule has 18 heavy (non-hydrogen) atoms. The van der Waals surface area contributed by atoms with Gasteiger partial charge in [-0.15, -0.1) is 0 Å². The van der Waals surface area contributed by atoms with Crippen molar-refractivity contribution in [3.8, 4) is 0 Å². The number of fused-ring (bicyclic) bond motifs is 1. The van der Waals surface area contributed by atoms with E-state index in [1.54, 1.807) is 0 Å². The summed E-state index contributed by atoms with van der Waals surface area (Å²) in [5.41, 5.74) is 1.86. The second kappa shape index (κ2) is 5.04. The van der Waals surface area contributed by atoms with Gasteiger partial charge in [0.15, 0.2) is 11.5 Å². The molecule has 1 aliphatic carbocycles. The molecule has 2 nitrogen and oxygen atoms in total. The molecule has 2 aromatic rings. The molecule has 3 rings (SSSR count). The molecule has 3 unspecified atom stereocenters. The highest BCUT2D eigenvalue weighted by molar-refractivity contribution is 9.09. The van der Waals surface area contributed by atoms with E-state index in [0.717, 1.165) is 35.2 Å². The quantitative estimate of drug-likeness (QED) is 0.776. The first kappa shape index (κ1) is 12.2. The molecule has 3 heteroatoms. The van der Waals surface area contributed by atoms with Gasteiger partial charge in [0, 0.05) is 11.2 Å². The van der Waals surface area contributed by atoms with Gasteiger partial charge in [0.25, 0.3) is 0 Å². The van der Waals surface area contributed by atoms with Crippen LogP contribution in [0.2, 0.25) is 0 Å². The lowest BCUT2D eigenvalue weighted by Gasteiger charge is -2.20. The molecule has 1 aromatic carbocycles. The van der Waals surface area contributed by atoms with Gasteiger partial charge in [-0.25, -0.2) is 4.98 Å². The average molecular weight is 308 g/mol. The smallest absolute Gasteiger partial charge is 0.196 e. The van der Waals surface area contributed by atoms with Crippen LogP contribution in [-0.2, 0) is 6.42 Å². The zero-order chi connectivity index (χ0) is 12.5. The van der Waals surface area contributed by atoms with E-state index in [9.17, 15) is 0 Å². The third kappa shape index (κ3) is 2.33. The number of oxazole rings is 1. The number of rotatable bonds is 3. The predicted octanol–water partition coefficient (Wildman–Crippen LogP) is 4.57. The Balaban J connectivity index is 1.75. The van der Waals surface area contributed by atoms with Gasteiger partial charge in [0.05, 0.1) is 0 Å². The van der Waals surface area contributed by atoms with Crippen LogP contribution in [0.1, 0.15) is 32.1 Å². The summed E-state index contributed by atoms with van der Waals surface area (Å²) in [6, 6.07) is 7.97. The van der Waals surface area contributed by atoms with E-state index in [-0.39, 0.29) is 0 Å². The molecule has 96 valence electrons. The van der Waals surface area contributed by atoms with Gasteiger partial charge in [-0.2, -0.15) is 0 Å². The highest BCUT2D eigenvalue weighted by atomic mass is 79.9. The number of aromatic nitrogens is 1. The standard InChI is InChI=1S/C15H18BrNO/c1-10-5-4-6-11(10)12(16)9-15-17-13-7-2-3-8-14(13)18-15/h2-3,7-8,10-12H,4-6,9H2,1H3. The molecule has 0 spiro atoms. The third-order valence-electron chi connectivity index (χ3n) is 4.10. The Morgan fingerprint density at radius 2 is 2.22 bits per heavy atom. The Morgan fingerprint density at radius 3 is 2.94 bits per heavy atom. The summed E-state index contributed by atoms with van der Waals surface area (Å²) in [5.74, 6) is 2.44. The zero-order valence-electron chi connectivity index (χ0n) is 10.6. The number of benzene rings is 1. The van der Waals surface area contributed by atoms with Crippen LogP contribution in [0, 0.1) is 11.8 Å². The number of nitrogens with zero attached hydrogens (tertiary/aromatic N) is 1. The summed E-state index contributed by atoms with van der Waals surface area (Å²) in [6.07, 6.45) is 4.95. The summed E-state index contributed by atoms with van der Waals surface area (Å²) in [7, 11) is 0. The molecular weight excluding hydrogens is 290 g/mol. The Kier molecular flexibility index (Phi) is 3.42. The van der Waals surface area contributed by atoms with Crippen molar-refractivity contribution in [1.29, 1.82) is 0 Å². The lowest BCUT2D eigenvalue weighted by Crippen LogP contribution is -2.19. The maximum atomic E-state index is 5.79. The molecule has 0 amide bonds. The maximum absolute atomic E-state index is 5.79. The fourth-order valence-corrected chi connectivity index (χ4v) is 4.10. The molecule has 0 bridgehead atoms. The normalized spacial score (nSPS) is 25.7. The molecule has 1 aliphatic rings. The van der Waals surface area contributed by atoms with Gasteiger partial charge in [0.1, 0.15) is 5.52 Å². The van der Waals surface area contributed by atoms with Gasteiger partial charge >= 0.3 is 0 Å². The third-order valence-corrected chi connectivity index (χ3v) is 5.10. The van der Waals surface area contributed by atoms with E-state index < -0.39 is 0 Å². The van der Waals surface area contributed by atoms with Gasteiger partial charge in [-0.05, 0) is 30.4 Å². The Morgan fingerprint density at radius 1 is 1.39 bits per heavy atom. The van der Waals surface area contributed by atoms with Crippen molar-refractivity contribution in [3.63, 3.8) is 0 Å². The Hall–Kier alpha value is -0.830. The molecule has 1 saturated carbocycles. The number of alkyl halides is 1. The molecule has 3 atom stereocenters. The van der Waals surface area contributed by atoms with Crippen LogP contribution >= 0.6 is 15.9 Å². The fourth-order valence-electron chi connectivity index (χ4n) is 3.04. The van der Waals surface area contributed by atoms with Crippen molar-refractivity contribution in [2.24, 2.45) is 11.8 Å². The van der Waals surface area contributed by atoms with Crippen LogP contribution in [0.15, 0.2) is 28.7 Å². The maximum Gasteiger partial charge on any atom is 0.196 e. The largest absolute Gasteiger partial charge is 0.441 e. The summed E-state index contributed by atoms with van der Waals surface area (Å²) < 4.78 is 5.79. The monoisotopic (exact) mass is 307 g/mol. The first-order chi connectivity index (χ1) is 8.74. The minimum atomic E-state index is 0.489. The van der Waals surface area contributed by atoms with E-state index in [1.165, 1.54) is 19.3 Å². The highest BCUT2D eigenvalue weighted by Gasteiger charge is 2.30. The van der Waals surface area contributed by atoms with Crippen molar-refractivity contribution >= 4 is 27.0 Å². The Bertz CT molecular complexity index is 503. The number of hydrogen-bond acceptors (Lipinski definition) is 2. The van der Waals surface area contributed by atoms with Crippen molar-refractivity contribution in [2.75, 3.05) is 0 Å². The van der Waals surface area contributed by atoms with E-state index >= 15 is 0 Å². The number of para-hydroxylation sites is 2. The number of halogens is 1. The molecule has 1 heterocycles. The van der Waals surface area contributed by atoms with Crippen molar-refractivity contribution in [3.05, 3.63) is 30.2 Å². The van der Waals surface area contributed by atoms with Crippen LogP contribution in [0.5, 0.6) is 0 Å². The second-order valence-electron chi connectivity index (χ2n) is 5.37. The molecule has 0 N–H and O–H groups in total. The van der Waals surface area contributed by atoms with Crippen LogP contribution in [-0.4, -0.2) is 9.81 Å². The first-order valence-corrected chi connectivity index (χ1v) is 7.64. The average Bonchev–Trinajstić information content (AvgIpc) is 2.94. The molecule has 0 radical (unpaired) electrons. The van der Waals surface area contributed by atoms with Crippen LogP contribution in [0.25, 0.3) is 11.1 Å². The van der Waals surface area contributed by atoms with Gasteiger partial charge in [0.2, 0.25) is 0 Å².